The molecule has 0 amide bonds. The number of fused-ring (bicyclic) bond motifs is 2. The molecule has 0 heterocycles. The van der Waals surface area contributed by atoms with Crippen molar-refractivity contribution in [3.8, 4) is 22.3 Å². The van der Waals surface area contributed by atoms with Gasteiger partial charge in [-0.05, 0) is 0 Å². The van der Waals surface area contributed by atoms with Gasteiger partial charge < -0.3 is 0 Å². The van der Waals surface area contributed by atoms with Crippen LogP contribution in [0.3, 0.4) is 0 Å². The molecule has 0 fully saturated rings. The Morgan fingerprint density at radius 2 is 0.774 bits per heavy atom. The zero-order valence-corrected chi connectivity index (χ0v) is 47.7. The maximum atomic E-state index is 3.02. The molecule has 0 aliphatic heterocycles. The van der Waals surface area contributed by atoms with Crippen molar-refractivity contribution in [1.29, 1.82) is 0 Å². The van der Waals surface area contributed by atoms with Crippen LogP contribution in [-0.4, -0.2) is 6.94 Å². The van der Waals surface area contributed by atoms with Crippen LogP contribution in [0, 0.1) is 0 Å². The van der Waals surface area contributed by atoms with Crippen molar-refractivity contribution in [2.45, 2.75) is 195 Å². The second-order valence-corrected chi connectivity index (χ2v) is 104. The Morgan fingerprint density at radius 3 is 1.06 bits per heavy atom. The minimum absolute atomic E-state index is 0.0628. The second kappa shape index (κ2) is 15.8. The van der Waals surface area contributed by atoms with Crippen LogP contribution >= 0.6 is 0 Å². The topological polar surface area (TPSA) is 0 Å². The summed E-state index contributed by atoms with van der Waals surface area (Å²) >= 11 is -5.36. The van der Waals surface area contributed by atoms with Gasteiger partial charge in [0.1, 0.15) is 0 Å². The summed E-state index contributed by atoms with van der Waals surface area (Å²) in [4.78, 5) is 0. The fourth-order valence-corrected chi connectivity index (χ4v) is 62.1. The Bertz CT molecular complexity index is 2280. The van der Waals surface area contributed by atoms with E-state index < -0.39 is 14.2 Å². The van der Waals surface area contributed by atoms with E-state index in [1.54, 1.807) is 11.1 Å². The fraction of sp³-hybridized carbons (Fsp3) is 0.533. The van der Waals surface area contributed by atoms with E-state index in [4.69, 9.17) is 0 Å². The Morgan fingerprint density at radius 1 is 0.452 bits per heavy atom. The molecule has 0 spiro atoms. The first-order chi connectivity index (χ1) is 28.5. The predicted octanol–water partition coefficient (Wildman–Crippen LogP) is 18.4. The van der Waals surface area contributed by atoms with Crippen LogP contribution in [0.1, 0.15) is 200 Å². The molecule has 6 rings (SSSR count). The van der Waals surface area contributed by atoms with Crippen LogP contribution < -0.4 is 0 Å². The number of hydrogen-bond acceptors (Lipinski definition) is 0. The summed E-state index contributed by atoms with van der Waals surface area (Å²) in [6, 6.07) is 29.8. The Labute approximate surface area is 377 Å². The summed E-state index contributed by atoms with van der Waals surface area (Å²) in [6.07, 6.45) is 21.2. The molecular formula is C60H88HfSi. The van der Waals surface area contributed by atoms with E-state index in [0.717, 1.165) is 0 Å². The first kappa shape index (κ1) is 48.9. The summed E-state index contributed by atoms with van der Waals surface area (Å²) in [5, 5.41) is 0. The summed E-state index contributed by atoms with van der Waals surface area (Å²) < 4.78 is 9.56. The van der Waals surface area contributed by atoms with Crippen molar-refractivity contribution in [2.75, 3.05) is 0 Å². The van der Waals surface area contributed by atoms with Crippen LogP contribution in [0.5, 0.6) is 0 Å². The van der Waals surface area contributed by atoms with E-state index in [-0.39, 0.29) is 21.7 Å². The standard InChI is InChI=1S/2C23H27.2C6H13.2CH3.Hf.H2Si/c2*1-22(2,3)18-13-17(14-19(15-18)23(4,5)6)21-12-8-10-16-9-7-11-20(16)21;2*1-3-5-6-4-2;;;;/h2*7-15H,1-6H3;2*1,3-6H2,2H3;2*1H3;;1H2. The third kappa shape index (κ3) is 8.90. The Balaban J connectivity index is 1.64. The van der Waals surface area contributed by atoms with E-state index >= 15 is 0 Å². The summed E-state index contributed by atoms with van der Waals surface area (Å²) in [5.41, 5.74) is 17.7. The first-order valence-corrected chi connectivity index (χ1v) is 49.7. The van der Waals surface area contributed by atoms with Gasteiger partial charge in [-0.3, -0.25) is 0 Å². The first-order valence-electron chi connectivity index (χ1n) is 25.0. The third-order valence-electron chi connectivity index (χ3n) is 17.1. The van der Waals surface area contributed by atoms with Crippen LogP contribution in [-0.2, 0) is 35.8 Å². The molecule has 336 valence electrons. The summed E-state index contributed by atoms with van der Waals surface area (Å²) in [5.74, 6) is 0. The van der Waals surface area contributed by atoms with Gasteiger partial charge in [0.2, 0.25) is 0 Å². The van der Waals surface area contributed by atoms with Crippen molar-refractivity contribution in [3.05, 3.63) is 129 Å². The van der Waals surface area contributed by atoms with Crippen LogP contribution in [0.25, 0.3) is 34.4 Å². The van der Waals surface area contributed by atoms with Gasteiger partial charge in [-0.1, -0.05) is 0 Å². The van der Waals surface area contributed by atoms with Gasteiger partial charge in [-0.25, -0.2) is 0 Å². The minimum atomic E-state index is -5.36. The molecule has 0 aromatic heterocycles. The molecule has 4 aromatic rings. The van der Waals surface area contributed by atoms with Gasteiger partial charge in [0.25, 0.3) is 0 Å². The molecule has 2 atom stereocenters. The Kier molecular flexibility index (Phi) is 12.5. The van der Waals surface area contributed by atoms with Gasteiger partial charge in [0.05, 0.1) is 0 Å². The van der Waals surface area contributed by atoms with Gasteiger partial charge in [-0.15, -0.1) is 0 Å². The summed E-state index contributed by atoms with van der Waals surface area (Å²) in [6.45, 7) is 35.9. The molecule has 2 unspecified atom stereocenters. The maximum absolute atomic E-state index is 5.36. The molecule has 0 bridgehead atoms. The number of unbranched alkanes of at least 4 members (excludes halogenated alkanes) is 6. The zero-order valence-electron chi connectivity index (χ0n) is 42.7. The molecule has 0 radical (unpaired) electrons. The summed E-state index contributed by atoms with van der Waals surface area (Å²) in [7, 11) is 0. The predicted molar refractivity (Wildman–Crippen MR) is 280 cm³/mol. The number of benzene rings is 4. The monoisotopic (exact) mass is 1020 g/mol. The van der Waals surface area contributed by atoms with Crippen molar-refractivity contribution in [3.63, 3.8) is 0 Å². The van der Waals surface area contributed by atoms with Crippen molar-refractivity contribution in [1.82, 2.24) is 0 Å². The van der Waals surface area contributed by atoms with Crippen LogP contribution in [0.15, 0.2) is 84.9 Å². The molecule has 2 aliphatic carbocycles. The molecule has 0 nitrogen and oxygen atoms in total. The van der Waals surface area contributed by atoms with Gasteiger partial charge in [-0.2, -0.15) is 0 Å². The molecule has 0 N–H and O–H groups in total. The molecule has 0 saturated carbocycles. The van der Waals surface area contributed by atoms with Gasteiger partial charge in [0, 0.05) is 0 Å². The van der Waals surface area contributed by atoms with Crippen molar-refractivity contribution >= 4 is 19.1 Å². The molecule has 0 saturated heterocycles. The number of allylic oxidation sites excluding steroid dienone is 2. The van der Waals surface area contributed by atoms with Gasteiger partial charge >= 0.3 is 380 Å². The third-order valence-corrected chi connectivity index (χ3v) is 73.6. The van der Waals surface area contributed by atoms with Crippen molar-refractivity contribution < 1.29 is 14.2 Å². The van der Waals surface area contributed by atoms with E-state index in [2.05, 4.69) is 210 Å². The van der Waals surface area contributed by atoms with Gasteiger partial charge in [0.15, 0.2) is 0 Å². The van der Waals surface area contributed by atoms with Crippen molar-refractivity contribution in [2.24, 2.45) is 0 Å². The van der Waals surface area contributed by atoms with Crippen LogP contribution in [0.4, 0.5) is 0 Å². The molecule has 2 heteroatoms. The molecule has 2 aliphatic rings. The second-order valence-electron chi connectivity index (χ2n) is 27.4. The molecule has 4 aromatic carbocycles. The normalized spacial score (nSPS) is 18.5. The van der Waals surface area contributed by atoms with E-state index in [1.165, 1.54) is 115 Å². The van der Waals surface area contributed by atoms with Crippen LogP contribution in [0.2, 0.25) is 17.7 Å². The average molecular weight is 1020 g/mol. The average Bonchev–Trinajstić information content (AvgIpc) is 3.85. The quantitative estimate of drug-likeness (QED) is 0.0872. The van der Waals surface area contributed by atoms with E-state index in [9.17, 15) is 0 Å². The van der Waals surface area contributed by atoms with E-state index in [1.807, 2.05) is 0 Å². The Hall–Kier alpha value is -2.55. The van der Waals surface area contributed by atoms with E-state index in [0.29, 0.717) is 7.35 Å². The fourth-order valence-electron chi connectivity index (χ4n) is 12.5. The number of hydrogen-bond donors (Lipinski definition) is 0. The zero-order chi connectivity index (χ0) is 45.8. The molecular weight excluding hydrogens is 927 g/mol. The SMILES string of the molecule is CCCCC[CH2][Hf]([CH3])([CH3])(=[SiH2])([CH2]CCCCC)([CH]1C=Cc2c(-c3cc(C(C)(C)C)cc(C(C)(C)C)c3)cccc21)[CH]1C=Cc2c(-c3cc(C(C)(C)C)cc(C(C)(C)C)c3)cccc21. The number of rotatable bonds is 14. The molecule has 62 heavy (non-hydrogen) atoms.